The third-order valence-corrected chi connectivity index (χ3v) is 7.29. The summed E-state index contributed by atoms with van der Waals surface area (Å²) < 4.78 is 11.2. The van der Waals surface area contributed by atoms with E-state index < -0.39 is 0 Å². The van der Waals surface area contributed by atoms with E-state index in [9.17, 15) is 9.59 Å². The summed E-state index contributed by atoms with van der Waals surface area (Å²) in [6, 6.07) is 15.8. The van der Waals surface area contributed by atoms with Crippen molar-refractivity contribution < 1.29 is 19.1 Å². The van der Waals surface area contributed by atoms with E-state index >= 15 is 0 Å². The van der Waals surface area contributed by atoms with Crippen LogP contribution in [0.3, 0.4) is 0 Å². The van der Waals surface area contributed by atoms with Gasteiger partial charge in [-0.15, -0.1) is 11.3 Å². The zero-order valence-electron chi connectivity index (χ0n) is 20.4. The minimum absolute atomic E-state index is 0.276. The Hall–Kier alpha value is -3.38. The molecule has 1 unspecified atom stereocenters. The first-order chi connectivity index (χ1) is 16.9. The number of nitrogens with one attached hydrogen (secondary N) is 1. The van der Waals surface area contributed by atoms with Gasteiger partial charge >= 0.3 is 5.97 Å². The lowest BCUT2D eigenvalue weighted by molar-refractivity contribution is -0.111. The normalized spacial score (nSPS) is 15.0. The molecule has 1 aliphatic carbocycles. The zero-order valence-corrected chi connectivity index (χ0v) is 21.2. The average Bonchev–Trinajstić information content (AvgIpc) is 3.22. The van der Waals surface area contributed by atoms with Crippen molar-refractivity contribution in [1.29, 1.82) is 0 Å². The van der Waals surface area contributed by atoms with Gasteiger partial charge in [0.05, 0.1) is 12.2 Å². The molecular formula is C29H31NO4S. The van der Waals surface area contributed by atoms with Crippen LogP contribution in [0.25, 0.3) is 6.08 Å². The molecule has 6 heteroatoms. The van der Waals surface area contributed by atoms with Gasteiger partial charge in [-0.2, -0.15) is 0 Å². The van der Waals surface area contributed by atoms with Crippen molar-refractivity contribution in [2.75, 3.05) is 11.9 Å². The highest BCUT2D eigenvalue weighted by Crippen LogP contribution is 2.43. The number of anilines is 1. The van der Waals surface area contributed by atoms with E-state index in [1.165, 1.54) is 27.9 Å². The molecule has 182 valence electrons. The maximum absolute atomic E-state index is 12.7. The number of benzene rings is 2. The molecule has 0 fully saturated rings. The summed E-state index contributed by atoms with van der Waals surface area (Å²) in [7, 11) is 0. The lowest BCUT2D eigenvalue weighted by atomic mass is 9.86. The Balaban J connectivity index is 1.40. The number of esters is 1. The molecular weight excluding hydrogens is 458 g/mol. The third kappa shape index (κ3) is 6.20. The van der Waals surface area contributed by atoms with Crippen molar-refractivity contribution in [3.63, 3.8) is 0 Å². The second-order valence-corrected chi connectivity index (χ2v) is 9.93. The van der Waals surface area contributed by atoms with Gasteiger partial charge in [0.2, 0.25) is 5.91 Å². The summed E-state index contributed by atoms with van der Waals surface area (Å²) >= 11 is 1.49. The predicted octanol–water partition coefficient (Wildman–Crippen LogP) is 6.90. The Labute approximate surface area is 210 Å². The number of carbonyl (C=O) groups is 2. The van der Waals surface area contributed by atoms with Gasteiger partial charge < -0.3 is 14.8 Å². The molecule has 4 rings (SSSR count). The highest BCUT2D eigenvalue weighted by molar-refractivity contribution is 7.17. The molecule has 1 amide bonds. The largest absolute Gasteiger partial charge is 0.489 e. The van der Waals surface area contributed by atoms with Gasteiger partial charge in [-0.1, -0.05) is 48.9 Å². The van der Waals surface area contributed by atoms with E-state index in [2.05, 4.69) is 43.4 Å². The topological polar surface area (TPSA) is 64.6 Å². The van der Waals surface area contributed by atoms with Crippen LogP contribution in [0.4, 0.5) is 5.00 Å². The van der Waals surface area contributed by atoms with Gasteiger partial charge in [0.1, 0.15) is 17.4 Å². The van der Waals surface area contributed by atoms with E-state index in [4.69, 9.17) is 9.47 Å². The fraction of sp³-hybridized carbons (Fsp3) is 0.310. The van der Waals surface area contributed by atoms with Crippen LogP contribution in [-0.2, 0) is 22.6 Å². The number of hydrogen-bond donors (Lipinski definition) is 1. The molecule has 0 saturated carbocycles. The van der Waals surface area contributed by atoms with E-state index in [-0.39, 0.29) is 17.8 Å². The average molecular weight is 490 g/mol. The monoisotopic (exact) mass is 489 g/mol. The SMILES string of the molecule is CCOC(=O)c1c(NC(=O)/C=C/c2ccc(OCc3ccc(C)cc3)cc2)sc2c1C(C)CCC2. The summed E-state index contributed by atoms with van der Waals surface area (Å²) in [4.78, 5) is 26.6. The maximum atomic E-state index is 12.7. The smallest absolute Gasteiger partial charge is 0.341 e. The van der Waals surface area contributed by atoms with Gasteiger partial charge in [-0.3, -0.25) is 4.79 Å². The van der Waals surface area contributed by atoms with Crippen LogP contribution in [0.5, 0.6) is 5.75 Å². The molecule has 5 nitrogen and oxygen atoms in total. The van der Waals surface area contributed by atoms with E-state index in [0.29, 0.717) is 23.8 Å². The summed E-state index contributed by atoms with van der Waals surface area (Å²) in [6.45, 7) is 6.79. The van der Waals surface area contributed by atoms with Gasteiger partial charge in [-0.25, -0.2) is 4.79 Å². The van der Waals surface area contributed by atoms with Gasteiger partial charge in [0.25, 0.3) is 0 Å². The molecule has 0 radical (unpaired) electrons. The summed E-state index contributed by atoms with van der Waals surface area (Å²) in [6.07, 6.45) is 6.29. The molecule has 1 heterocycles. The van der Waals surface area contributed by atoms with Crippen LogP contribution in [0.2, 0.25) is 0 Å². The van der Waals surface area contributed by atoms with Crippen LogP contribution in [0.1, 0.15) is 70.1 Å². The molecule has 3 aromatic rings. The molecule has 0 saturated heterocycles. The maximum Gasteiger partial charge on any atom is 0.341 e. The first-order valence-electron chi connectivity index (χ1n) is 12.0. The quantitative estimate of drug-likeness (QED) is 0.276. The predicted molar refractivity (Wildman–Crippen MR) is 141 cm³/mol. The molecule has 0 spiro atoms. The van der Waals surface area contributed by atoms with Crippen LogP contribution in [0, 0.1) is 6.92 Å². The molecule has 1 atom stereocenters. The Morgan fingerprint density at radius 2 is 1.86 bits per heavy atom. The van der Waals surface area contributed by atoms with E-state index in [0.717, 1.165) is 41.7 Å². The van der Waals surface area contributed by atoms with Crippen molar-refractivity contribution in [1.82, 2.24) is 0 Å². The Morgan fingerprint density at radius 3 is 2.57 bits per heavy atom. The standard InChI is InChI=1S/C29H31NO4S/c1-4-33-29(32)27-26-20(3)6-5-7-24(26)35-28(27)30-25(31)17-14-21-12-15-23(16-13-21)34-18-22-10-8-19(2)9-11-22/h8-17,20H,4-7,18H2,1-3H3,(H,30,31)/b17-14+. The molecule has 35 heavy (non-hydrogen) atoms. The molecule has 1 aromatic heterocycles. The molecule has 0 aliphatic heterocycles. The minimum Gasteiger partial charge on any atom is -0.489 e. The molecule has 2 aromatic carbocycles. The third-order valence-electron chi connectivity index (χ3n) is 6.11. The second kappa shape index (κ2) is 11.4. The lowest BCUT2D eigenvalue weighted by Crippen LogP contribution is -2.15. The number of amides is 1. The van der Waals surface area contributed by atoms with Gasteiger partial charge in [0.15, 0.2) is 0 Å². The second-order valence-electron chi connectivity index (χ2n) is 8.82. The van der Waals surface area contributed by atoms with Crippen LogP contribution >= 0.6 is 11.3 Å². The van der Waals surface area contributed by atoms with Crippen molar-refractivity contribution in [2.24, 2.45) is 0 Å². The van der Waals surface area contributed by atoms with Crippen molar-refractivity contribution >= 4 is 34.3 Å². The number of aryl methyl sites for hydroxylation is 2. The van der Waals surface area contributed by atoms with Crippen LogP contribution < -0.4 is 10.1 Å². The number of carbonyl (C=O) groups excluding carboxylic acids is 2. The number of ether oxygens (including phenoxy) is 2. The van der Waals surface area contributed by atoms with Crippen LogP contribution in [-0.4, -0.2) is 18.5 Å². The highest BCUT2D eigenvalue weighted by atomic mass is 32.1. The zero-order chi connectivity index (χ0) is 24.8. The summed E-state index contributed by atoms with van der Waals surface area (Å²) in [5.74, 6) is 0.410. The first-order valence-corrected chi connectivity index (χ1v) is 12.9. The fourth-order valence-corrected chi connectivity index (χ4v) is 5.61. The van der Waals surface area contributed by atoms with Crippen molar-refractivity contribution in [3.8, 4) is 5.75 Å². The van der Waals surface area contributed by atoms with Crippen LogP contribution in [0.15, 0.2) is 54.6 Å². The van der Waals surface area contributed by atoms with Crippen molar-refractivity contribution in [2.45, 2.75) is 52.6 Å². The van der Waals surface area contributed by atoms with Gasteiger partial charge in [-0.05, 0) is 73.9 Å². The van der Waals surface area contributed by atoms with E-state index in [1.807, 2.05) is 24.3 Å². The van der Waals surface area contributed by atoms with E-state index in [1.54, 1.807) is 13.0 Å². The first kappa shape index (κ1) is 24.7. The molecule has 1 N–H and O–H groups in total. The Morgan fingerprint density at radius 1 is 1.11 bits per heavy atom. The number of fused-ring (bicyclic) bond motifs is 1. The van der Waals surface area contributed by atoms with Gasteiger partial charge in [0, 0.05) is 11.0 Å². The highest BCUT2D eigenvalue weighted by Gasteiger charge is 2.30. The summed E-state index contributed by atoms with van der Waals surface area (Å²) in [5, 5.41) is 3.50. The Kier molecular flexibility index (Phi) is 8.03. The lowest BCUT2D eigenvalue weighted by Gasteiger charge is -2.19. The Bertz CT molecular complexity index is 1210. The molecule has 1 aliphatic rings. The number of thiophene rings is 1. The number of hydrogen-bond acceptors (Lipinski definition) is 5. The van der Waals surface area contributed by atoms with Crippen molar-refractivity contribution in [3.05, 3.63) is 87.3 Å². The molecule has 0 bridgehead atoms. The number of rotatable bonds is 8. The fourth-order valence-electron chi connectivity index (χ4n) is 4.26. The summed E-state index contributed by atoms with van der Waals surface area (Å²) in [5.41, 5.74) is 4.78. The minimum atomic E-state index is -0.362.